The van der Waals surface area contributed by atoms with Gasteiger partial charge >= 0.3 is 0 Å². The van der Waals surface area contributed by atoms with Gasteiger partial charge in [0.15, 0.2) is 0 Å². The zero-order valence-corrected chi connectivity index (χ0v) is 16.5. The second-order valence-electron chi connectivity index (χ2n) is 6.37. The van der Waals surface area contributed by atoms with Gasteiger partial charge in [0.25, 0.3) is 0 Å². The van der Waals surface area contributed by atoms with Crippen LogP contribution in [0.5, 0.6) is 5.75 Å². The standard InChI is InChI=1S/C19H22N4OS2/c1-24-15-7-5-14(6-8-15)16-17-18(26-22-16)19(21-13-20-17)25-12-11-23-9-3-2-4-10-23/h5-8,13H,2-4,9-12H2,1H3. The third-order valence-electron chi connectivity index (χ3n) is 4.68. The van der Waals surface area contributed by atoms with Gasteiger partial charge in [-0.15, -0.1) is 11.8 Å². The Kier molecular flexibility index (Phi) is 5.67. The lowest BCUT2D eigenvalue weighted by molar-refractivity contribution is 0.242. The van der Waals surface area contributed by atoms with Crippen molar-refractivity contribution in [3.63, 3.8) is 0 Å². The predicted molar refractivity (Wildman–Crippen MR) is 108 cm³/mol. The van der Waals surface area contributed by atoms with Gasteiger partial charge in [-0.25, -0.2) is 9.97 Å². The van der Waals surface area contributed by atoms with Gasteiger partial charge in [0.05, 0.1) is 7.11 Å². The summed E-state index contributed by atoms with van der Waals surface area (Å²) in [6.07, 6.45) is 5.71. The number of rotatable bonds is 6. The van der Waals surface area contributed by atoms with Crippen LogP contribution >= 0.6 is 23.3 Å². The van der Waals surface area contributed by atoms with Crippen molar-refractivity contribution in [3.8, 4) is 17.0 Å². The first-order valence-electron chi connectivity index (χ1n) is 8.95. The van der Waals surface area contributed by atoms with E-state index in [-0.39, 0.29) is 0 Å². The van der Waals surface area contributed by atoms with Crippen molar-refractivity contribution in [2.24, 2.45) is 0 Å². The molecule has 0 radical (unpaired) electrons. The first kappa shape index (κ1) is 17.7. The van der Waals surface area contributed by atoms with Crippen LogP contribution in [-0.2, 0) is 0 Å². The minimum atomic E-state index is 0.844. The molecule has 26 heavy (non-hydrogen) atoms. The van der Waals surface area contributed by atoms with E-state index in [0.29, 0.717) is 0 Å². The zero-order valence-electron chi connectivity index (χ0n) is 14.9. The quantitative estimate of drug-likeness (QED) is 0.464. The first-order chi connectivity index (χ1) is 12.8. The summed E-state index contributed by atoms with van der Waals surface area (Å²) in [5.74, 6) is 1.90. The molecule has 1 aliphatic heterocycles. The van der Waals surface area contributed by atoms with E-state index in [4.69, 9.17) is 4.74 Å². The monoisotopic (exact) mass is 386 g/mol. The molecule has 0 spiro atoms. The molecule has 1 fully saturated rings. The van der Waals surface area contributed by atoms with Gasteiger partial charge in [0.1, 0.15) is 33.0 Å². The van der Waals surface area contributed by atoms with E-state index in [0.717, 1.165) is 44.5 Å². The summed E-state index contributed by atoms with van der Waals surface area (Å²) in [6.45, 7) is 3.60. The minimum absolute atomic E-state index is 0.844. The summed E-state index contributed by atoms with van der Waals surface area (Å²) >= 11 is 3.31. The normalized spacial score (nSPS) is 15.4. The average molecular weight is 387 g/mol. The van der Waals surface area contributed by atoms with E-state index in [9.17, 15) is 0 Å². The van der Waals surface area contributed by atoms with Crippen LogP contribution in [0.2, 0.25) is 0 Å². The molecule has 0 unspecified atom stereocenters. The summed E-state index contributed by atoms with van der Waals surface area (Å²) < 4.78 is 11.0. The van der Waals surface area contributed by atoms with Gasteiger partial charge in [-0.05, 0) is 61.7 Å². The summed E-state index contributed by atoms with van der Waals surface area (Å²) in [5.41, 5.74) is 2.92. The molecule has 0 N–H and O–H groups in total. The molecule has 4 rings (SSSR count). The van der Waals surface area contributed by atoms with Crippen LogP contribution < -0.4 is 4.74 Å². The molecule has 0 bridgehead atoms. The van der Waals surface area contributed by atoms with Crippen molar-refractivity contribution in [3.05, 3.63) is 30.6 Å². The number of aromatic nitrogens is 3. The van der Waals surface area contributed by atoms with E-state index >= 15 is 0 Å². The molecule has 1 aliphatic rings. The molecule has 136 valence electrons. The van der Waals surface area contributed by atoms with E-state index in [1.165, 1.54) is 43.9 Å². The third kappa shape index (κ3) is 3.84. The van der Waals surface area contributed by atoms with E-state index < -0.39 is 0 Å². The van der Waals surface area contributed by atoms with Crippen LogP contribution in [0, 0.1) is 0 Å². The van der Waals surface area contributed by atoms with Crippen molar-refractivity contribution in [2.45, 2.75) is 24.3 Å². The van der Waals surface area contributed by atoms with Crippen LogP contribution in [0.25, 0.3) is 21.5 Å². The van der Waals surface area contributed by atoms with Crippen molar-refractivity contribution >= 4 is 33.5 Å². The molecular weight excluding hydrogens is 364 g/mol. The molecule has 3 heterocycles. The maximum Gasteiger partial charge on any atom is 0.119 e. The van der Waals surface area contributed by atoms with Crippen molar-refractivity contribution in [1.29, 1.82) is 0 Å². The van der Waals surface area contributed by atoms with Gasteiger partial charge in [0.2, 0.25) is 0 Å². The molecule has 0 saturated carbocycles. The lowest BCUT2D eigenvalue weighted by Gasteiger charge is -2.25. The molecule has 0 atom stereocenters. The zero-order chi connectivity index (χ0) is 17.8. The van der Waals surface area contributed by atoms with Crippen LogP contribution in [0.3, 0.4) is 0 Å². The Morgan fingerprint density at radius 3 is 2.69 bits per heavy atom. The number of likely N-dealkylation sites (tertiary alicyclic amines) is 1. The highest BCUT2D eigenvalue weighted by Crippen LogP contribution is 2.34. The lowest BCUT2D eigenvalue weighted by atomic mass is 10.1. The topological polar surface area (TPSA) is 51.1 Å². The number of fused-ring (bicyclic) bond motifs is 1. The van der Waals surface area contributed by atoms with E-state index in [1.54, 1.807) is 13.4 Å². The first-order valence-corrected chi connectivity index (χ1v) is 10.7. The number of thioether (sulfide) groups is 1. The van der Waals surface area contributed by atoms with Crippen LogP contribution in [-0.4, -0.2) is 51.7 Å². The number of hydrogen-bond acceptors (Lipinski definition) is 7. The highest BCUT2D eigenvalue weighted by atomic mass is 32.2. The fourth-order valence-electron chi connectivity index (χ4n) is 3.24. The van der Waals surface area contributed by atoms with E-state index in [2.05, 4.69) is 19.2 Å². The molecule has 0 amide bonds. The maximum absolute atomic E-state index is 5.24. The number of benzene rings is 1. The van der Waals surface area contributed by atoms with Crippen LogP contribution in [0.1, 0.15) is 19.3 Å². The Bertz CT molecular complexity index is 860. The molecule has 0 aliphatic carbocycles. The van der Waals surface area contributed by atoms with Crippen LogP contribution in [0.15, 0.2) is 35.6 Å². The van der Waals surface area contributed by atoms with Gasteiger partial charge in [-0.2, -0.15) is 4.37 Å². The van der Waals surface area contributed by atoms with E-state index in [1.807, 2.05) is 36.0 Å². The number of nitrogens with zero attached hydrogens (tertiary/aromatic N) is 4. The Balaban J connectivity index is 1.50. The highest BCUT2D eigenvalue weighted by molar-refractivity contribution is 7.99. The maximum atomic E-state index is 5.24. The number of hydrogen-bond donors (Lipinski definition) is 0. The molecule has 1 aromatic carbocycles. The van der Waals surface area contributed by atoms with Crippen LogP contribution in [0.4, 0.5) is 0 Å². The summed E-state index contributed by atoms with van der Waals surface area (Å²) in [6, 6.07) is 7.96. The van der Waals surface area contributed by atoms with Gasteiger partial charge in [-0.1, -0.05) is 6.42 Å². The number of piperidine rings is 1. The lowest BCUT2D eigenvalue weighted by Crippen LogP contribution is -2.31. The number of methoxy groups -OCH3 is 1. The third-order valence-corrected chi connectivity index (χ3v) is 6.62. The molecular formula is C19H22N4OS2. The molecule has 7 heteroatoms. The Morgan fingerprint density at radius 2 is 1.92 bits per heavy atom. The number of ether oxygens (including phenoxy) is 1. The smallest absolute Gasteiger partial charge is 0.119 e. The Labute approximate surface area is 162 Å². The van der Waals surface area contributed by atoms with Gasteiger partial charge < -0.3 is 9.64 Å². The average Bonchev–Trinajstić information content (AvgIpc) is 3.14. The summed E-state index contributed by atoms with van der Waals surface area (Å²) in [5, 5.41) is 1.05. The molecule has 2 aromatic heterocycles. The van der Waals surface area contributed by atoms with Gasteiger partial charge in [0, 0.05) is 17.9 Å². The largest absolute Gasteiger partial charge is 0.497 e. The SMILES string of the molecule is COc1ccc(-c2nsc3c(SCCN4CCCCC4)ncnc23)cc1. The molecule has 3 aromatic rings. The van der Waals surface area contributed by atoms with Crippen molar-refractivity contribution in [1.82, 2.24) is 19.2 Å². The predicted octanol–water partition coefficient (Wildman–Crippen LogP) is 4.34. The Hall–Kier alpha value is -1.70. The van der Waals surface area contributed by atoms with Crippen molar-refractivity contribution < 1.29 is 4.74 Å². The van der Waals surface area contributed by atoms with Crippen molar-refractivity contribution in [2.75, 3.05) is 32.5 Å². The molecule has 1 saturated heterocycles. The molecule has 5 nitrogen and oxygen atoms in total. The second-order valence-corrected chi connectivity index (χ2v) is 8.22. The fourth-order valence-corrected chi connectivity index (χ4v) is 5.16. The highest BCUT2D eigenvalue weighted by Gasteiger charge is 2.15. The summed E-state index contributed by atoms with van der Waals surface area (Å²) in [4.78, 5) is 11.6. The fraction of sp³-hybridized carbons (Fsp3) is 0.421. The summed E-state index contributed by atoms with van der Waals surface area (Å²) in [7, 11) is 1.67. The van der Waals surface area contributed by atoms with Gasteiger partial charge in [-0.3, -0.25) is 0 Å². The second kappa shape index (κ2) is 8.33. The minimum Gasteiger partial charge on any atom is -0.497 e. The Morgan fingerprint density at radius 1 is 1.12 bits per heavy atom.